The van der Waals surface area contributed by atoms with Crippen molar-refractivity contribution in [1.82, 2.24) is 29.9 Å². The average Bonchev–Trinajstić information content (AvgIpc) is 2.97. The minimum absolute atomic E-state index is 0.0403. The van der Waals surface area contributed by atoms with Crippen LogP contribution in [0.4, 0.5) is 23.8 Å². The van der Waals surface area contributed by atoms with Crippen molar-refractivity contribution >= 4 is 94.1 Å². The number of nitrogen functional groups attached to an aromatic ring is 4. The van der Waals surface area contributed by atoms with Gasteiger partial charge in [0.25, 0.3) is 0 Å². The van der Waals surface area contributed by atoms with Gasteiger partial charge in [0.15, 0.2) is 11.6 Å². The molecule has 4 rings (SSSR count). The van der Waals surface area contributed by atoms with Crippen LogP contribution in [0.5, 0.6) is 0 Å². The maximum Gasteiger partial charge on any atom is 0.328 e. The fourth-order valence-corrected chi connectivity index (χ4v) is 3.43. The minimum Gasteiger partial charge on any atom is -0.478 e. The highest BCUT2D eigenvalue weighted by atomic mass is 35.5. The summed E-state index contributed by atoms with van der Waals surface area (Å²) in [4.78, 5) is 61.3. The standard InChI is InChI=1S/2C9H7Cl2N5.2C4H4O4/c2*10-4-1-2-6(11)5(3-4)7-14-8(12)16-9(13)15-7;2*5-3(6)1-2-4(7)8/h2*1-3H,(H4,12,13,14,15,16);2*1-2H,(H,5,6)(H,7,8)/b;;2*2-1-. The van der Waals surface area contributed by atoms with Crippen LogP contribution in [0.3, 0.4) is 0 Å². The number of aromatic nitrogens is 6. The third kappa shape index (κ3) is 16.0. The zero-order chi connectivity index (χ0) is 36.6. The van der Waals surface area contributed by atoms with E-state index in [4.69, 9.17) is 89.8 Å². The predicted octanol–water partition coefficient (Wildman–Crippen LogP) is 3.44. The van der Waals surface area contributed by atoms with Crippen molar-refractivity contribution in [2.75, 3.05) is 22.9 Å². The Hall–Kier alpha value is -5.82. The van der Waals surface area contributed by atoms with Crippen LogP contribution in [0.2, 0.25) is 20.1 Å². The fraction of sp³-hybridized carbons (Fsp3) is 0. The van der Waals surface area contributed by atoms with E-state index in [2.05, 4.69) is 29.9 Å². The lowest BCUT2D eigenvalue weighted by Gasteiger charge is -2.04. The summed E-state index contributed by atoms with van der Waals surface area (Å²) >= 11 is 23.7. The smallest absolute Gasteiger partial charge is 0.328 e. The third-order valence-electron chi connectivity index (χ3n) is 4.42. The molecular formula is C26H22Cl4N10O8. The third-order valence-corrected chi connectivity index (χ3v) is 5.54. The SMILES string of the molecule is Nc1nc(N)nc(-c2cc(Cl)ccc2Cl)n1.Nc1nc(N)nc(-c2cc(Cl)ccc2Cl)n1.O=C(O)/C=C\C(=O)O.O=C(O)/C=C\C(=O)O. The van der Waals surface area contributed by atoms with Crippen molar-refractivity contribution < 1.29 is 39.6 Å². The number of carboxylic acids is 4. The Morgan fingerprint density at radius 2 is 0.729 bits per heavy atom. The first-order valence-corrected chi connectivity index (χ1v) is 13.6. The van der Waals surface area contributed by atoms with Gasteiger partial charge in [-0.15, -0.1) is 0 Å². The molecule has 0 spiro atoms. The molecule has 0 aliphatic rings. The van der Waals surface area contributed by atoms with Gasteiger partial charge in [-0.2, -0.15) is 29.9 Å². The molecule has 0 aliphatic carbocycles. The molecule has 4 aromatic rings. The summed E-state index contributed by atoms with van der Waals surface area (Å²) in [5.41, 5.74) is 23.0. The number of anilines is 4. The normalized spacial score (nSPS) is 10.1. The molecule has 0 fully saturated rings. The zero-order valence-corrected chi connectivity index (χ0v) is 26.7. The van der Waals surface area contributed by atoms with Crippen LogP contribution in [0, 0.1) is 0 Å². The molecule has 18 nitrogen and oxygen atoms in total. The molecular weight excluding hydrogens is 722 g/mol. The molecule has 0 saturated carbocycles. The van der Waals surface area contributed by atoms with E-state index in [1.165, 1.54) is 0 Å². The van der Waals surface area contributed by atoms with Gasteiger partial charge in [-0.1, -0.05) is 46.4 Å². The lowest BCUT2D eigenvalue weighted by molar-refractivity contribution is -0.134. The summed E-state index contributed by atoms with van der Waals surface area (Å²) in [5, 5.41) is 33.2. The van der Waals surface area contributed by atoms with Crippen molar-refractivity contribution in [2.45, 2.75) is 0 Å². The summed E-state index contributed by atoms with van der Waals surface area (Å²) < 4.78 is 0. The van der Waals surface area contributed by atoms with Gasteiger partial charge in [0.2, 0.25) is 23.8 Å². The van der Waals surface area contributed by atoms with E-state index in [0.717, 1.165) is 0 Å². The van der Waals surface area contributed by atoms with Crippen LogP contribution in [0.25, 0.3) is 22.8 Å². The molecule has 12 N–H and O–H groups in total. The number of carbonyl (C=O) groups is 4. The topological polar surface area (TPSA) is 331 Å². The minimum atomic E-state index is -1.26. The number of aliphatic carboxylic acids is 4. The first-order chi connectivity index (χ1) is 22.4. The lowest BCUT2D eigenvalue weighted by Crippen LogP contribution is -2.04. The van der Waals surface area contributed by atoms with Crippen LogP contribution in [0.15, 0.2) is 60.7 Å². The number of nitrogens with two attached hydrogens (primary N) is 4. The van der Waals surface area contributed by atoms with Gasteiger partial charge >= 0.3 is 23.9 Å². The van der Waals surface area contributed by atoms with Crippen molar-refractivity contribution in [2.24, 2.45) is 0 Å². The van der Waals surface area contributed by atoms with Gasteiger partial charge < -0.3 is 43.4 Å². The van der Waals surface area contributed by atoms with Crippen LogP contribution in [0.1, 0.15) is 0 Å². The first kappa shape index (κ1) is 40.2. The molecule has 0 radical (unpaired) electrons. The Morgan fingerprint density at radius 3 is 0.958 bits per heavy atom. The number of nitrogens with zero attached hydrogens (tertiary/aromatic N) is 6. The summed E-state index contributed by atoms with van der Waals surface area (Å²) in [6, 6.07) is 9.91. The van der Waals surface area contributed by atoms with Crippen LogP contribution in [-0.4, -0.2) is 74.2 Å². The van der Waals surface area contributed by atoms with Crippen LogP contribution in [-0.2, 0) is 19.2 Å². The van der Waals surface area contributed by atoms with Gasteiger partial charge in [-0.05, 0) is 36.4 Å². The molecule has 22 heteroatoms. The molecule has 252 valence electrons. The Labute approximate surface area is 289 Å². The highest BCUT2D eigenvalue weighted by molar-refractivity contribution is 6.35. The molecule has 2 aromatic carbocycles. The second-order valence-corrected chi connectivity index (χ2v) is 9.71. The highest BCUT2D eigenvalue weighted by Gasteiger charge is 2.11. The second-order valence-electron chi connectivity index (χ2n) is 8.02. The van der Waals surface area contributed by atoms with E-state index in [9.17, 15) is 19.2 Å². The molecule has 0 amide bonds. The van der Waals surface area contributed by atoms with Crippen molar-refractivity contribution in [3.8, 4) is 22.8 Å². The van der Waals surface area contributed by atoms with E-state index in [1.54, 1.807) is 36.4 Å². The Morgan fingerprint density at radius 1 is 0.479 bits per heavy atom. The number of halogens is 4. The summed E-state index contributed by atoms with van der Waals surface area (Å²) in [6.45, 7) is 0. The highest BCUT2D eigenvalue weighted by Crippen LogP contribution is 2.29. The maximum atomic E-state index is 9.55. The molecule has 0 bridgehead atoms. The number of benzene rings is 2. The van der Waals surface area contributed by atoms with E-state index >= 15 is 0 Å². The largest absolute Gasteiger partial charge is 0.478 e. The maximum absolute atomic E-state index is 9.55. The zero-order valence-electron chi connectivity index (χ0n) is 23.7. The molecule has 48 heavy (non-hydrogen) atoms. The lowest BCUT2D eigenvalue weighted by atomic mass is 10.2. The Bertz CT molecular complexity index is 1660. The number of carboxylic acid groups (broad SMARTS) is 4. The van der Waals surface area contributed by atoms with Gasteiger partial charge in [0, 0.05) is 45.5 Å². The summed E-state index contributed by atoms with van der Waals surface area (Å²) in [5.74, 6) is -4.26. The summed E-state index contributed by atoms with van der Waals surface area (Å²) in [7, 11) is 0. The van der Waals surface area contributed by atoms with Gasteiger partial charge in [-0.3, -0.25) is 0 Å². The number of hydrogen-bond acceptors (Lipinski definition) is 14. The second kappa shape index (κ2) is 19.6. The molecule has 0 atom stereocenters. The Balaban J connectivity index is 0.000000339. The molecule has 0 unspecified atom stereocenters. The average molecular weight is 744 g/mol. The molecule has 2 aromatic heterocycles. The molecule has 0 aliphatic heterocycles. The van der Waals surface area contributed by atoms with Crippen molar-refractivity contribution in [3.63, 3.8) is 0 Å². The van der Waals surface area contributed by atoms with Gasteiger partial charge in [0.1, 0.15) is 0 Å². The van der Waals surface area contributed by atoms with E-state index in [0.29, 0.717) is 67.2 Å². The van der Waals surface area contributed by atoms with Crippen molar-refractivity contribution in [3.05, 3.63) is 80.8 Å². The van der Waals surface area contributed by atoms with Gasteiger partial charge in [-0.25, -0.2) is 19.2 Å². The van der Waals surface area contributed by atoms with E-state index in [1.807, 2.05) is 0 Å². The van der Waals surface area contributed by atoms with E-state index < -0.39 is 23.9 Å². The molecule has 0 saturated heterocycles. The fourth-order valence-electron chi connectivity index (χ4n) is 2.68. The monoisotopic (exact) mass is 742 g/mol. The summed E-state index contributed by atoms with van der Waals surface area (Å²) in [6.07, 6.45) is 2.23. The number of rotatable bonds is 6. The molecule has 2 heterocycles. The quantitative estimate of drug-likeness (QED) is 0.131. The van der Waals surface area contributed by atoms with Crippen LogP contribution >= 0.6 is 46.4 Å². The van der Waals surface area contributed by atoms with Crippen LogP contribution < -0.4 is 22.9 Å². The first-order valence-electron chi connectivity index (χ1n) is 12.1. The van der Waals surface area contributed by atoms with Gasteiger partial charge in [0.05, 0.1) is 10.0 Å². The number of hydrogen-bond donors (Lipinski definition) is 8. The van der Waals surface area contributed by atoms with Crippen molar-refractivity contribution in [1.29, 1.82) is 0 Å². The predicted molar refractivity (Wildman–Crippen MR) is 177 cm³/mol. The Kier molecular flexibility index (Phi) is 16.5. The van der Waals surface area contributed by atoms with E-state index in [-0.39, 0.29) is 23.8 Å².